The Labute approximate surface area is 143 Å². The van der Waals surface area contributed by atoms with Gasteiger partial charge in [-0.1, -0.05) is 12.1 Å². The number of benzene rings is 1. The lowest BCUT2D eigenvalue weighted by Gasteiger charge is -2.12. The quantitative estimate of drug-likeness (QED) is 0.769. The van der Waals surface area contributed by atoms with E-state index in [2.05, 4.69) is 5.32 Å². The first-order valence-electron chi connectivity index (χ1n) is 7.89. The normalized spacial score (nSPS) is 15.0. The second kappa shape index (κ2) is 7.58. The van der Waals surface area contributed by atoms with Crippen molar-refractivity contribution < 1.29 is 27.9 Å². The number of alkyl halides is 3. The molecule has 0 unspecified atom stereocenters. The molecule has 1 aromatic carbocycles. The molecule has 1 aromatic rings. The lowest BCUT2D eigenvalue weighted by atomic mass is 10.1. The summed E-state index contributed by atoms with van der Waals surface area (Å²) in [6.45, 7) is 2.51. The number of hydrogen-bond donors (Lipinski definition) is 2. The molecule has 0 aromatic heterocycles. The minimum atomic E-state index is -4.35. The SMILES string of the molecule is CCN1CC(C(=O)NCCCc2ccc(C(F)(F)F)cc2)=C(O)C1=O. The van der Waals surface area contributed by atoms with E-state index >= 15 is 0 Å². The highest BCUT2D eigenvalue weighted by molar-refractivity contribution is 6.06. The molecule has 2 N–H and O–H groups in total. The maximum Gasteiger partial charge on any atom is 0.416 e. The second-order valence-electron chi connectivity index (χ2n) is 5.70. The number of aliphatic hydroxyl groups excluding tert-OH is 1. The van der Waals surface area contributed by atoms with Crippen molar-refractivity contribution in [3.8, 4) is 0 Å². The third-order valence-corrected chi connectivity index (χ3v) is 3.99. The number of carbonyl (C=O) groups is 2. The van der Waals surface area contributed by atoms with Crippen LogP contribution in [0.1, 0.15) is 24.5 Å². The molecule has 2 amide bonds. The summed E-state index contributed by atoms with van der Waals surface area (Å²) in [7, 11) is 0. The number of aryl methyl sites for hydroxylation is 1. The third kappa shape index (κ3) is 4.52. The number of amides is 2. The fourth-order valence-corrected chi connectivity index (χ4v) is 2.51. The largest absolute Gasteiger partial charge is 0.503 e. The highest BCUT2D eigenvalue weighted by atomic mass is 19.4. The lowest BCUT2D eigenvalue weighted by molar-refractivity contribution is -0.137. The van der Waals surface area contributed by atoms with Gasteiger partial charge in [0.15, 0.2) is 5.76 Å². The van der Waals surface area contributed by atoms with Crippen molar-refractivity contribution in [3.63, 3.8) is 0 Å². The molecule has 0 atom stereocenters. The molecule has 1 heterocycles. The predicted octanol–water partition coefficient (Wildman–Crippen LogP) is 2.43. The predicted molar refractivity (Wildman–Crippen MR) is 84.7 cm³/mol. The molecule has 25 heavy (non-hydrogen) atoms. The molecule has 0 saturated carbocycles. The van der Waals surface area contributed by atoms with Crippen molar-refractivity contribution >= 4 is 11.8 Å². The number of rotatable bonds is 6. The number of nitrogens with one attached hydrogen (secondary N) is 1. The Balaban J connectivity index is 1.80. The van der Waals surface area contributed by atoms with Crippen LogP contribution < -0.4 is 5.32 Å². The molecule has 136 valence electrons. The molecule has 2 rings (SSSR count). The summed E-state index contributed by atoms with van der Waals surface area (Å²) in [5, 5.41) is 12.3. The Morgan fingerprint density at radius 2 is 1.92 bits per heavy atom. The molecule has 0 bridgehead atoms. The van der Waals surface area contributed by atoms with Gasteiger partial charge in [0.2, 0.25) is 0 Å². The van der Waals surface area contributed by atoms with Crippen LogP contribution in [-0.2, 0) is 22.2 Å². The standard InChI is InChI=1S/C17H19F3N2O3/c1-2-22-10-13(14(23)16(22)25)15(24)21-9-3-4-11-5-7-12(8-6-11)17(18,19)20/h5-8,23H,2-4,9-10H2,1H3,(H,21,24). The van der Waals surface area contributed by atoms with Crippen LogP contribution in [0.15, 0.2) is 35.6 Å². The highest BCUT2D eigenvalue weighted by Gasteiger charge is 2.32. The van der Waals surface area contributed by atoms with Crippen LogP contribution in [0.2, 0.25) is 0 Å². The van der Waals surface area contributed by atoms with Gasteiger partial charge in [-0.15, -0.1) is 0 Å². The van der Waals surface area contributed by atoms with Gasteiger partial charge in [-0.05, 0) is 37.5 Å². The van der Waals surface area contributed by atoms with E-state index in [4.69, 9.17) is 0 Å². The molecule has 0 radical (unpaired) electrons. The Kier molecular flexibility index (Phi) is 5.71. The second-order valence-corrected chi connectivity index (χ2v) is 5.70. The summed E-state index contributed by atoms with van der Waals surface area (Å²) >= 11 is 0. The van der Waals surface area contributed by atoms with Gasteiger partial charge in [-0.2, -0.15) is 13.2 Å². The Morgan fingerprint density at radius 3 is 2.44 bits per heavy atom. The smallest absolute Gasteiger partial charge is 0.416 e. The average Bonchev–Trinajstić information content (AvgIpc) is 2.86. The summed E-state index contributed by atoms with van der Waals surface area (Å²) in [6, 6.07) is 4.88. The zero-order chi connectivity index (χ0) is 18.6. The molecule has 1 aliphatic heterocycles. The van der Waals surface area contributed by atoms with Crippen molar-refractivity contribution in [1.82, 2.24) is 10.2 Å². The van der Waals surface area contributed by atoms with Gasteiger partial charge in [-0.3, -0.25) is 9.59 Å². The summed E-state index contributed by atoms with van der Waals surface area (Å²) in [5.41, 5.74) is 0.0808. The molecule has 0 saturated heterocycles. The molecule has 1 aliphatic rings. The van der Waals surface area contributed by atoms with E-state index in [0.717, 1.165) is 17.7 Å². The molecular weight excluding hydrogens is 337 g/mol. The molecule has 5 nitrogen and oxygen atoms in total. The Morgan fingerprint density at radius 1 is 1.28 bits per heavy atom. The first kappa shape index (κ1) is 18.8. The lowest BCUT2D eigenvalue weighted by Crippen LogP contribution is -2.30. The van der Waals surface area contributed by atoms with Crippen molar-refractivity contribution in [2.75, 3.05) is 19.6 Å². The minimum Gasteiger partial charge on any atom is -0.503 e. The summed E-state index contributed by atoms with van der Waals surface area (Å²) in [4.78, 5) is 25.0. The van der Waals surface area contributed by atoms with Crippen LogP contribution in [-0.4, -0.2) is 41.5 Å². The number of aliphatic hydroxyl groups is 1. The van der Waals surface area contributed by atoms with E-state index in [1.165, 1.54) is 17.0 Å². The molecular formula is C17H19F3N2O3. The highest BCUT2D eigenvalue weighted by Crippen LogP contribution is 2.29. The third-order valence-electron chi connectivity index (χ3n) is 3.99. The Bertz CT molecular complexity index is 681. The number of nitrogens with zero attached hydrogens (tertiary/aromatic N) is 1. The van der Waals surface area contributed by atoms with Gasteiger partial charge in [-0.25, -0.2) is 0 Å². The molecule has 0 spiro atoms. The van der Waals surface area contributed by atoms with Crippen molar-refractivity contribution in [1.29, 1.82) is 0 Å². The van der Waals surface area contributed by atoms with Crippen molar-refractivity contribution in [2.24, 2.45) is 0 Å². The monoisotopic (exact) mass is 356 g/mol. The fraction of sp³-hybridized carbons (Fsp3) is 0.412. The van der Waals surface area contributed by atoms with E-state index in [-0.39, 0.29) is 18.7 Å². The topological polar surface area (TPSA) is 69.6 Å². The van der Waals surface area contributed by atoms with Gasteiger partial charge in [0, 0.05) is 13.1 Å². The first-order valence-corrected chi connectivity index (χ1v) is 7.89. The van der Waals surface area contributed by atoms with Crippen LogP contribution >= 0.6 is 0 Å². The molecule has 8 heteroatoms. The maximum absolute atomic E-state index is 12.5. The van der Waals surface area contributed by atoms with Crippen LogP contribution in [0.25, 0.3) is 0 Å². The van der Waals surface area contributed by atoms with E-state index in [9.17, 15) is 27.9 Å². The van der Waals surface area contributed by atoms with Gasteiger partial charge in [0.05, 0.1) is 17.7 Å². The number of hydrogen-bond acceptors (Lipinski definition) is 3. The van der Waals surface area contributed by atoms with Crippen molar-refractivity contribution in [3.05, 3.63) is 46.7 Å². The summed E-state index contributed by atoms with van der Waals surface area (Å²) in [5.74, 6) is -1.59. The van der Waals surface area contributed by atoms with Crippen LogP contribution in [0.4, 0.5) is 13.2 Å². The van der Waals surface area contributed by atoms with E-state index in [1.807, 2.05) is 0 Å². The number of likely N-dealkylation sites (N-methyl/N-ethyl adjacent to an activating group) is 1. The summed E-state index contributed by atoms with van der Waals surface area (Å²) in [6.07, 6.45) is -3.33. The van der Waals surface area contributed by atoms with Crippen molar-refractivity contribution in [2.45, 2.75) is 25.9 Å². The molecule has 0 aliphatic carbocycles. The summed E-state index contributed by atoms with van der Waals surface area (Å²) < 4.78 is 37.4. The van der Waals surface area contributed by atoms with Gasteiger partial charge in [0.1, 0.15) is 0 Å². The molecule has 0 fully saturated rings. The first-order chi connectivity index (χ1) is 11.7. The Hall–Kier alpha value is -2.51. The van der Waals surface area contributed by atoms with E-state index in [0.29, 0.717) is 19.4 Å². The van der Waals surface area contributed by atoms with Gasteiger partial charge in [0.25, 0.3) is 11.8 Å². The van der Waals surface area contributed by atoms with E-state index < -0.39 is 29.3 Å². The van der Waals surface area contributed by atoms with Crippen LogP contribution in [0, 0.1) is 0 Å². The van der Waals surface area contributed by atoms with Gasteiger partial charge >= 0.3 is 6.18 Å². The van der Waals surface area contributed by atoms with Gasteiger partial charge < -0.3 is 15.3 Å². The van der Waals surface area contributed by atoms with E-state index in [1.54, 1.807) is 6.92 Å². The average molecular weight is 356 g/mol. The number of carbonyl (C=O) groups excluding carboxylic acids is 2. The van der Waals surface area contributed by atoms with Crippen LogP contribution in [0.3, 0.4) is 0 Å². The number of halogens is 3. The van der Waals surface area contributed by atoms with Crippen LogP contribution in [0.5, 0.6) is 0 Å². The maximum atomic E-state index is 12.5. The zero-order valence-electron chi connectivity index (χ0n) is 13.7. The zero-order valence-corrected chi connectivity index (χ0v) is 13.7. The fourth-order valence-electron chi connectivity index (χ4n) is 2.51. The minimum absolute atomic E-state index is 0.0429.